The van der Waals surface area contributed by atoms with E-state index >= 15 is 0 Å². The Kier molecular flexibility index (Phi) is 9.04. The zero-order valence-electron chi connectivity index (χ0n) is 15.6. The summed E-state index contributed by atoms with van der Waals surface area (Å²) in [6, 6.07) is 5.88. The van der Waals surface area contributed by atoms with Gasteiger partial charge in [0, 0.05) is 23.5 Å². The van der Waals surface area contributed by atoms with Crippen molar-refractivity contribution in [3.8, 4) is 11.5 Å². The third-order valence-electron chi connectivity index (χ3n) is 3.21. The van der Waals surface area contributed by atoms with E-state index in [-0.39, 0.29) is 10.7 Å². The fourth-order valence-electron chi connectivity index (χ4n) is 2.14. The zero-order valence-corrected chi connectivity index (χ0v) is 16.4. The molecular formula is C19H31NO3S. The van der Waals surface area contributed by atoms with Crippen molar-refractivity contribution in [2.75, 3.05) is 25.5 Å². The third-order valence-corrected chi connectivity index (χ3v) is 4.48. The maximum absolute atomic E-state index is 11.9. The Hall–Kier alpha value is -1.36. The second kappa shape index (κ2) is 10.5. The van der Waals surface area contributed by atoms with Crippen LogP contribution in [0, 0.1) is 0 Å². The molecule has 1 N–H and O–H groups in total. The van der Waals surface area contributed by atoms with E-state index in [2.05, 4.69) is 26.1 Å². The largest absolute Gasteiger partial charge is 0.490 e. The molecule has 0 unspecified atom stereocenters. The number of nitrogens with one attached hydrogen (secondary N) is 1. The lowest BCUT2D eigenvalue weighted by Gasteiger charge is -2.17. The third kappa shape index (κ3) is 8.48. The average molecular weight is 354 g/mol. The van der Waals surface area contributed by atoms with Gasteiger partial charge in [-0.05, 0) is 38.0 Å². The number of rotatable bonds is 10. The second-order valence-corrected chi connectivity index (χ2v) is 8.38. The molecule has 1 aromatic carbocycles. The minimum absolute atomic E-state index is 0.0938. The topological polar surface area (TPSA) is 47.6 Å². The summed E-state index contributed by atoms with van der Waals surface area (Å²) in [7, 11) is 0. The first-order valence-corrected chi connectivity index (χ1v) is 9.63. The Morgan fingerprint density at radius 3 is 2.42 bits per heavy atom. The van der Waals surface area contributed by atoms with Crippen molar-refractivity contribution in [2.45, 2.75) is 52.2 Å². The quantitative estimate of drug-likeness (QED) is 0.644. The Morgan fingerprint density at radius 1 is 1.12 bits per heavy atom. The maximum Gasteiger partial charge on any atom is 0.220 e. The highest BCUT2D eigenvalue weighted by molar-refractivity contribution is 8.00. The van der Waals surface area contributed by atoms with E-state index in [1.54, 1.807) is 0 Å². The Labute approximate surface area is 150 Å². The summed E-state index contributed by atoms with van der Waals surface area (Å²) in [5.74, 6) is 2.54. The summed E-state index contributed by atoms with van der Waals surface area (Å²) in [6.07, 6.45) is 1.18. The Balaban J connectivity index is 2.43. The van der Waals surface area contributed by atoms with Crippen LogP contribution in [-0.4, -0.2) is 36.2 Å². The van der Waals surface area contributed by atoms with Gasteiger partial charge in [0.2, 0.25) is 5.91 Å². The number of carbonyl (C=O) groups is 1. The molecule has 5 heteroatoms. The van der Waals surface area contributed by atoms with E-state index in [9.17, 15) is 4.79 Å². The van der Waals surface area contributed by atoms with Gasteiger partial charge in [-0.2, -0.15) is 11.8 Å². The molecule has 0 aliphatic heterocycles. The minimum atomic E-state index is 0.0938. The van der Waals surface area contributed by atoms with Gasteiger partial charge in [0.25, 0.3) is 0 Å². The SMILES string of the molecule is CCOc1ccc(CCC(=O)NCCSC(C)(C)C)cc1OCC. The molecule has 0 aromatic heterocycles. The molecule has 136 valence electrons. The van der Waals surface area contributed by atoms with Gasteiger partial charge >= 0.3 is 0 Å². The molecule has 0 saturated carbocycles. The molecule has 1 aromatic rings. The van der Waals surface area contributed by atoms with E-state index in [1.807, 2.05) is 43.8 Å². The molecule has 0 radical (unpaired) electrons. The molecule has 0 aliphatic carbocycles. The van der Waals surface area contributed by atoms with Crippen molar-refractivity contribution >= 4 is 17.7 Å². The number of amides is 1. The van der Waals surface area contributed by atoms with Crippen molar-refractivity contribution in [3.63, 3.8) is 0 Å². The van der Waals surface area contributed by atoms with Crippen LogP contribution >= 0.6 is 11.8 Å². The molecule has 4 nitrogen and oxygen atoms in total. The minimum Gasteiger partial charge on any atom is -0.490 e. The molecule has 0 heterocycles. The van der Waals surface area contributed by atoms with Crippen LogP contribution in [0.3, 0.4) is 0 Å². The fourth-order valence-corrected chi connectivity index (χ4v) is 2.96. The maximum atomic E-state index is 11.9. The zero-order chi connectivity index (χ0) is 18.0. The van der Waals surface area contributed by atoms with Crippen molar-refractivity contribution in [2.24, 2.45) is 0 Å². The van der Waals surface area contributed by atoms with Gasteiger partial charge in [-0.3, -0.25) is 4.79 Å². The van der Waals surface area contributed by atoms with Gasteiger partial charge in [-0.15, -0.1) is 0 Å². The van der Waals surface area contributed by atoms with E-state index < -0.39 is 0 Å². The number of hydrogen-bond acceptors (Lipinski definition) is 4. The first-order chi connectivity index (χ1) is 11.4. The van der Waals surface area contributed by atoms with Gasteiger partial charge in [0.1, 0.15) is 0 Å². The summed E-state index contributed by atoms with van der Waals surface area (Å²) < 4.78 is 11.4. The highest BCUT2D eigenvalue weighted by Gasteiger charge is 2.11. The Morgan fingerprint density at radius 2 is 1.79 bits per heavy atom. The first-order valence-electron chi connectivity index (χ1n) is 8.65. The average Bonchev–Trinajstić information content (AvgIpc) is 2.51. The molecule has 1 rings (SSSR count). The van der Waals surface area contributed by atoms with Crippen molar-refractivity contribution in [3.05, 3.63) is 23.8 Å². The monoisotopic (exact) mass is 353 g/mol. The Bertz CT molecular complexity index is 512. The number of hydrogen-bond donors (Lipinski definition) is 1. The highest BCUT2D eigenvalue weighted by Crippen LogP contribution is 2.29. The van der Waals surface area contributed by atoms with Gasteiger partial charge < -0.3 is 14.8 Å². The lowest BCUT2D eigenvalue weighted by molar-refractivity contribution is -0.120. The van der Waals surface area contributed by atoms with Crippen LogP contribution in [0.2, 0.25) is 0 Å². The van der Waals surface area contributed by atoms with Crippen LogP contribution in [0.25, 0.3) is 0 Å². The van der Waals surface area contributed by atoms with Crippen LogP contribution in [-0.2, 0) is 11.2 Å². The first kappa shape index (κ1) is 20.7. The smallest absolute Gasteiger partial charge is 0.220 e. The van der Waals surface area contributed by atoms with Crippen LogP contribution in [0.15, 0.2) is 18.2 Å². The summed E-state index contributed by atoms with van der Waals surface area (Å²) in [5, 5.41) is 2.98. The predicted molar refractivity (Wildman–Crippen MR) is 102 cm³/mol. The molecule has 0 spiro atoms. The van der Waals surface area contributed by atoms with Crippen molar-refractivity contribution < 1.29 is 14.3 Å². The van der Waals surface area contributed by atoms with Crippen LogP contribution < -0.4 is 14.8 Å². The van der Waals surface area contributed by atoms with Crippen LogP contribution in [0.5, 0.6) is 11.5 Å². The highest BCUT2D eigenvalue weighted by atomic mass is 32.2. The van der Waals surface area contributed by atoms with Crippen LogP contribution in [0.4, 0.5) is 0 Å². The van der Waals surface area contributed by atoms with E-state index in [0.29, 0.717) is 32.6 Å². The number of aryl methyl sites for hydroxylation is 1. The lowest BCUT2D eigenvalue weighted by atomic mass is 10.1. The van der Waals surface area contributed by atoms with Gasteiger partial charge in [-0.25, -0.2) is 0 Å². The summed E-state index contributed by atoms with van der Waals surface area (Å²) in [6.45, 7) is 12.4. The number of carbonyl (C=O) groups excluding carboxylic acids is 1. The summed E-state index contributed by atoms with van der Waals surface area (Å²) in [4.78, 5) is 11.9. The van der Waals surface area contributed by atoms with E-state index in [1.165, 1.54) is 0 Å². The van der Waals surface area contributed by atoms with Crippen molar-refractivity contribution in [1.82, 2.24) is 5.32 Å². The standard InChI is InChI=1S/C19H31NO3S/c1-6-22-16-10-8-15(14-17(16)23-7-2)9-11-18(21)20-12-13-24-19(3,4)5/h8,10,14H,6-7,9,11-13H2,1-5H3,(H,20,21). The second-order valence-electron chi connectivity index (χ2n) is 6.46. The summed E-state index contributed by atoms with van der Waals surface area (Å²) in [5.41, 5.74) is 1.08. The van der Waals surface area contributed by atoms with E-state index in [4.69, 9.17) is 9.47 Å². The molecule has 0 saturated heterocycles. The van der Waals surface area contributed by atoms with Crippen molar-refractivity contribution in [1.29, 1.82) is 0 Å². The molecule has 0 aliphatic rings. The number of thioether (sulfide) groups is 1. The molecule has 1 amide bonds. The molecular weight excluding hydrogens is 322 g/mol. The summed E-state index contributed by atoms with van der Waals surface area (Å²) >= 11 is 1.86. The predicted octanol–water partition coefficient (Wildman–Crippen LogP) is 4.06. The normalized spacial score (nSPS) is 11.2. The molecule has 0 bridgehead atoms. The van der Waals surface area contributed by atoms with Gasteiger partial charge in [-0.1, -0.05) is 26.8 Å². The number of ether oxygens (including phenoxy) is 2. The van der Waals surface area contributed by atoms with E-state index in [0.717, 1.165) is 22.8 Å². The number of benzene rings is 1. The molecule has 24 heavy (non-hydrogen) atoms. The lowest BCUT2D eigenvalue weighted by Crippen LogP contribution is -2.27. The van der Waals surface area contributed by atoms with Gasteiger partial charge in [0.05, 0.1) is 13.2 Å². The molecule has 0 fully saturated rings. The van der Waals surface area contributed by atoms with Crippen LogP contribution in [0.1, 0.15) is 46.6 Å². The fraction of sp³-hybridized carbons (Fsp3) is 0.632. The molecule has 0 atom stereocenters. The van der Waals surface area contributed by atoms with Gasteiger partial charge in [0.15, 0.2) is 11.5 Å².